The standard InChI is InChI=1S/C31H27ClF3N5O5S/c1-2-45-29(43)23-22(37-26(27-36-9-11-46-27)38-25(23)19-4-3-5-20(33)24(19)32)15-39-10-8-31(35)16(13-39)14-40(30(31)44)17-6-7-18(28(41)42)21(34)12-17/h3-7,9,11-12,16,25H,2,8,10,13-15H2,1H3,(H,37,38)(H,41,42)/t16-,25-,31+/m0/s1. The molecule has 6 rings (SSSR count). The normalized spacial score (nSPS) is 23.2. The number of hydrogen-bond acceptors (Lipinski definition) is 9. The van der Waals surface area contributed by atoms with Crippen LogP contribution in [-0.2, 0) is 14.3 Å². The van der Waals surface area contributed by atoms with Crippen LogP contribution in [0.4, 0.5) is 18.9 Å². The smallest absolute Gasteiger partial charge is 0.338 e. The van der Waals surface area contributed by atoms with E-state index in [1.165, 1.54) is 29.5 Å². The number of carbonyl (C=O) groups is 3. The summed E-state index contributed by atoms with van der Waals surface area (Å²) < 4.78 is 50.7. The van der Waals surface area contributed by atoms with E-state index in [-0.39, 0.29) is 61.1 Å². The first-order valence-corrected chi connectivity index (χ1v) is 15.6. The SMILES string of the molecule is CCOC(=O)C1=C(CN2CC[C@]3(F)C(=O)N(c4ccc(C(=O)O)c(F)c4)C[C@@H]3C2)NC(c2nccs2)=N[C@H]1c1cccc(F)c1Cl. The predicted octanol–water partition coefficient (Wildman–Crippen LogP) is 4.76. The number of rotatable bonds is 8. The summed E-state index contributed by atoms with van der Waals surface area (Å²) in [5.41, 5.74) is -1.99. The lowest BCUT2D eigenvalue weighted by atomic mass is 9.85. The Hall–Kier alpha value is -4.27. The molecule has 2 aromatic carbocycles. The molecule has 2 fully saturated rings. The highest BCUT2D eigenvalue weighted by Gasteiger charge is 2.57. The summed E-state index contributed by atoms with van der Waals surface area (Å²) in [6.45, 7) is 1.97. The molecule has 0 aliphatic carbocycles. The summed E-state index contributed by atoms with van der Waals surface area (Å²) in [6, 6.07) is 6.43. The van der Waals surface area contributed by atoms with Gasteiger partial charge in [0.15, 0.2) is 16.5 Å². The number of alkyl halides is 1. The highest BCUT2D eigenvalue weighted by Crippen LogP contribution is 2.43. The maximum atomic E-state index is 16.3. The van der Waals surface area contributed by atoms with Gasteiger partial charge in [-0.25, -0.2) is 27.7 Å². The van der Waals surface area contributed by atoms with E-state index in [0.29, 0.717) is 16.5 Å². The van der Waals surface area contributed by atoms with E-state index in [1.807, 2.05) is 4.90 Å². The van der Waals surface area contributed by atoms with Gasteiger partial charge in [-0.3, -0.25) is 14.7 Å². The summed E-state index contributed by atoms with van der Waals surface area (Å²) in [5, 5.41) is 14.4. The van der Waals surface area contributed by atoms with Crippen LogP contribution in [0.25, 0.3) is 0 Å². The molecule has 46 heavy (non-hydrogen) atoms. The fraction of sp³-hybridized carbons (Fsp3) is 0.323. The highest BCUT2D eigenvalue weighted by atomic mass is 35.5. The number of thiazole rings is 1. The number of amides is 1. The number of benzene rings is 2. The molecule has 3 aromatic rings. The minimum atomic E-state index is -2.22. The number of carboxylic acid groups (broad SMARTS) is 1. The summed E-state index contributed by atoms with van der Waals surface area (Å²) in [5.74, 6) is -5.17. The second-order valence-electron chi connectivity index (χ2n) is 11.0. The van der Waals surface area contributed by atoms with Crippen molar-refractivity contribution in [1.29, 1.82) is 0 Å². The van der Waals surface area contributed by atoms with E-state index in [4.69, 9.17) is 26.4 Å². The number of halogens is 4. The van der Waals surface area contributed by atoms with Gasteiger partial charge in [0.2, 0.25) is 0 Å². The number of carbonyl (C=O) groups excluding carboxylic acids is 2. The van der Waals surface area contributed by atoms with Crippen molar-refractivity contribution in [2.45, 2.75) is 25.1 Å². The molecule has 3 aliphatic rings. The zero-order valence-electron chi connectivity index (χ0n) is 24.3. The van der Waals surface area contributed by atoms with Gasteiger partial charge in [0.1, 0.15) is 17.7 Å². The third-order valence-electron chi connectivity index (χ3n) is 8.33. The average molecular weight is 674 g/mol. The van der Waals surface area contributed by atoms with Crippen LogP contribution in [0.1, 0.15) is 40.3 Å². The number of aromatic carboxylic acids is 1. The zero-order chi connectivity index (χ0) is 32.7. The zero-order valence-corrected chi connectivity index (χ0v) is 25.9. The Kier molecular flexibility index (Phi) is 8.61. The predicted molar refractivity (Wildman–Crippen MR) is 164 cm³/mol. The second kappa shape index (κ2) is 12.5. The first kappa shape index (κ1) is 31.7. The molecule has 4 heterocycles. The number of amidine groups is 1. The molecule has 240 valence electrons. The quantitative estimate of drug-likeness (QED) is 0.328. The van der Waals surface area contributed by atoms with Gasteiger partial charge in [0.25, 0.3) is 5.91 Å². The number of nitrogens with zero attached hydrogens (tertiary/aromatic N) is 4. The molecular weight excluding hydrogens is 647 g/mol. The van der Waals surface area contributed by atoms with Crippen LogP contribution in [0, 0.1) is 17.6 Å². The Morgan fingerprint density at radius 3 is 2.72 bits per heavy atom. The molecule has 0 bridgehead atoms. The lowest BCUT2D eigenvalue weighted by Gasteiger charge is -2.38. The lowest BCUT2D eigenvalue weighted by molar-refractivity contribution is -0.139. The summed E-state index contributed by atoms with van der Waals surface area (Å²) in [4.78, 5) is 50.0. The van der Waals surface area contributed by atoms with Crippen LogP contribution in [-0.4, -0.2) is 77.1 Å². The van der Waals surface area contributed by atoms with E-state index >= 15 is 4.39 Å². The van der Waals surface area contributed by atoms with Gasteiger partial charge in [-0.1, -0.05) is 23.7 Å². The second-order valence-corrected chi connectivity index (χ2v) is 12.3. The molecule has 3 atom stereocenters. The average Bonchev–Trinajstić information content (AvgIpc) is 3.65. The molecule has 2 saturated heterocycles. The Morgan fingerprint density at radius 2 is 2.02 bits per heavy atom. The number of hydrogen-bond donors (Lipinski definition) is 2. The van der Waals surface area contributed by atoms with Gasteiger partial charge in [-0.2, -0.15) is 0 Å². The molecule has 15 heteroatoms. The summed E-state index contributed by atoms with van der Waals surface area (Å²) >= 11 is 7.68. The van der Waals surface area contributed by atoms with Crippen molar-refractivity contribution in [2.75, 3.05) is 37.7 Å². The van der Waals surface area contributed by atoms with Crippen molar-refractivity contribution in [3.8, 4) is 0 Å². The molecule has 0 spiro atoms. The summed E-state index contributed by atoms with van der Waals surface area (Å²) in [6.07, 6.45) is 1.42. The lowest BCUT2D eigenvalue weighted by Crippen LogP contribution is -2.52. The van der Waals surface area contributed by atoms with E-state index < -0.39 is 52.7 Å². The number of nitrogens with one attached hydrogen (secondary N) is 1. The van der Waals surface area contributed by atoms with Crippen molar-refractivity contribution >= 4 is 52.3 Å². The Bertz CT molecular complexity index is 1790. The third-order valence-corrected chi connectivity index (χ3v) is 9.51. The number of aliphatic imine (C=N–C) groups is 1. The van der Waals surface area contributed by atoms with Crippen molar-refractivity contribution in [3.63, 3.8) is 0 Å². The van der Waals surface area contributed by atoms with Gasteiger partial charge in [0.05, 0.1) is 22.8 Å². The molecule has 3 aliphatic heterocycles. The minimum absolute atomic E-state index is 0.0599. The van der Waals surface area contributed by atoms with E-state index in [1.54, 1.807) is 24.6 Å². The molecule has 1 amide bonds. The summed E-state index contributed by atoms with van der Waals surface area (Å²) in [7, 11) is 0. The largest absolute Gasteiger partial charge is 0.478 e. The van der Waals surface area contributed by atoms with Crippen molar-refractivity contribution in [1.82, 2.24) is 15.2 Å². The maximum Gasteiger partial charge on any atom is 0.338 e. The van der Waals surface area contributed by atoms with Crippen LogP contribution >= 0.6 is 22.9 Å². The number of esters is 1. The Labute approximate surface area is 270 Å². The molecule has 0 unspecified atom stereocenters. The van der Waals surface area contributed by atoms with Gasteiger partial charge < -0.3 is 20.1 Å². The first-order chi connectivity index (χ1) is 22.0. The number of likely N-dealkylation sites (tertiary alicyclic amines) is 1. The number of ether oxygens (including phenoxy) is 1. The van der Waals surface area contributed by atoms with Crippen LogP contribution in [0.3, 0.4) is 0 Å². The Balaban J connectivity index is 1.32. The maximum absolute atomic E-state index is 16.3. The van der Waals surface area contributed by atoms with E-state index in [2.05, 4.69) is 10.3 Å². The van der Waals surface area contributed by atoms with Gasteiger partial charge >= 0.3 is 11.9 Å². The number of aromatic nitrogens is 1. The van der Waals surface area contributed by atoms with E-state index in [0.717, 1.165) is 17.0 Å². The molecule has 10 nitrogen and oxygen atoms in total. The minimum Gasteiger partial charge on any atom is -0.478 e. The van der Waals surface area contributed by atoms with Crippen LogP contribution in [0.5, 0.6) is 0 Å². The highest BCUT2D eigenvalue weighted by molar-refractivity contribution is 7.11. The number of anilines is 1. The van der Waals surface area contributed by atoms with Crippen LogP contribution < -0.4 is 10.2 Å². The molecule has 2 N–H and O–H groups in total. The molecule has 0 saturated carbocycles. The topological polar surface area (TPSA) is 124 Å². The van der Waals surface area contributed by atoms with Crippen LogP contribution in [0.2, 0.25) is 5.02 Å². The van der Waals surface area contributed by atoms with Gasteiger partial charge in [-0.05, 0) is 31.2 Å². The number of piperidine rings is 1. The van der Waals surface area contributed by atoms with Gasteiger partial charge in [-0.15, -0.1) is 11.3 Å². The third kappa shape index (κ3) is 5.65. The molecular formula is C31H27ClF3N5O5S. The van der Waals surface area contributed by atoms with Gasteiger partial charge in [0, 0.05) is 67.0 Å². The fourth-order valence-electron chi connectivity index (χ4n) is 6.09. The van der Waals surface area contributed by atoms with Crippen molar-refractivity contribution in [3.05, 3.63) is 92.0 Å². The van der Waals surface area contributed by atoms with Crippen molar-refractivity contribution < 1.29 is 37.4 Å². The molecule has 0 radical (unpaired) electrons. The molecule has 1 aromatic heterocycles. The number of carboxylic acids is 1. The first-order valence-electron chi connectivity index (χ1n) is 14.4. The number of fused-ring (bicyclic) bond motifs is 1. The monoisotopic (exact) mass is 673 g/mol. The Morgan fingerprint density at radius 1 is 1.22 bits per heavy atom. The van der Waals surface area contributed by atoms with E-state index in [9.17, 15) is 23.2 Å². The van der Waals surface area contributed by atoms with Crippen LogP contribution in [0.15, 0.2) is 64.2 Å². The van der Waals surface area contributed by atoms with Crippen molar-refractivity contribution in [2.24, 2.45) is 10.9 Å². The fourth-order valence-corrected chi connectivity index (χ4v) is 6.91.